The van der Waals surface area contributed by atoms with Gasteiger partial charge in [0.15, 0.2) is 23.0 Å². The van der Waals surface area contributed by atoms with E-state index in [1.165, 1.54) is 44.5 Å². The second-order valence-electron chi connectivity index (χ2n) is 13.3. The molecule has 2 aliphatic carbocycles. The van der Waals surface area contributed by atoms with E-state index in [0.717, 1.165) is 27.8 Å². The van der Waals surface area contributed by atoms with Crippen LogP contribution in [-0.4, -0.2) is 0 Å². The van der Waals surface area contributed by atoms with Crippen molar-refractivity contribution in [3.63, 3.8) is 0 Å². The molecule has 0 atom stereocenters. The summed E-state index contributed by atoms with van der Waals surface area (Å²) in [5.41, 5.74) is 12.5. The molecule has 0 aromatic heterocycles. The molecule has 0 fully saturated rings. The zero-order chi connectivity index (χ0) is 33.7. The van der Waals surface area contributed by atoms with Crippen LogP contribution in [0, 0.1) is 0 Å². The first-order valence-electron chi connectivity index (χ1n) is 17.2. The Labute approximate surface area is 300 Å². The van der Waals surface area contributed by atoms with Crippen molar-refractivity contribution in [2.45, 2.75) is 5.41 Å². The number of hydrogen-bond acceptors (Lipinski definition) is 3. The Morgan fingerprint density at radius 2 is 0.961 bits per heavy atom. The van der Waals surface area contributed by atoms with Gasteiger partial charge >= 0.3 is 0 Å². The number of nitrogens with zero attached hydrogens (tertiary/aromatic N) is 1. The first-order chi connectivity index (χ1) is 25.2. The van der Waals surface area contributed by atoms with Crippen molar-refractivity contribution in [1.82, 2.24) is 0 Å². The van der Waals surface area contributed by atoms with E-state index < -0.39 is 5.41 Å². The predicted molar refractivity (Wildman–Crippen MR) is 207 cm³/mol. The summed E-state index contributed by atoms with van der Waals surface area (Å²) < 4.78 is 13.4. The van der Waals surface area contributed by atoms with E-state index in [2.05, 4.69) is 132 Å². The maximum Gasteiger partial charge on any atom is 0.195 e. The fraction of sp³-hybridized carbons (Fsp3) is 0.0213. The Morgan fingerprint density at radius 3 is 1.63 bits per heavy atom. The van der Waals surface area contributed by atoms with Crippen LogP contribution in [0.5, 0.6) is 23.0 Å². The van der Waals surface area contributed by atoms with E-state index in [9.17, 15) is 0 Å². The van der Waals surface area contributed by atoms with E-state index in [0.29, 0.717) is 28.0 Å². The van der Waals surface area contributed by atoms with Gasteiger partial charge in [0.25, 0.3) is 0 Å². The molecular weight excluding hydrogens is 646 g/mol. The van der Waals surface area contributed by atoms with Crippen LogP contribution in [0.3, 0.4) is 0 Å². The molecule has 1 heterocycles. The zero-order valence-electron chi connectivity index (χ0n) is 27.3. The van der Waals surface area contributed by atoms with Gasteiger partial charge in [0.05, 0.1) is 21.8 Å². The molecule has 8 aromatic rings. The minimum absolute atomic E-state index is 0.462. The number of ether oxygens (including phenoxy) is 2. The number of para-hydroxylation sites is 1. The van der Waals surface area contributed by atoms with E-state index in [4.69, 9.17) is 21.1 Å². The maximum atomic E-state index is 6.91. The maximum absolute atomic E-state index is 6.91. The van der Waals surface area contributed by atoms with Gasteiger partial charge in [-0.2, -0.15) is 0 Å². The molecule has 0 saturated heterocycles. The Balaban J connectivity index is 1.19. The van der Waals surface area contributed by atoms with Crippen molar-refractivity contribution in [2.24, 2.45) is 0 Å². The number of benzene rings is 8. The van der Waals surface area contributed by atoms with Gasteiger partial charge < -0.3 is 14.4 Å². The molecule has 0 bridgehead atoms. The fourth-order valence-corrected chi connectivity index (χ4v) is 8.96. The van der Waals surface area contributed by atoms with Crippen LogP contribution in [0.4, 0.5) is 17.1 Å². The average molecular weight is 674 g/mol. The molecule has 3 nitrogen and oxygen atoms in total. The number of rotatable bonds is 3. The second-order valence-corrected chi connectivity index (χ2v) is 13.7. The molecule has 0 radical (unpaired) electrons. The van der Waals surface area contributed by atoms with Gasteiger partial charge in [-0.05, 0) is 92.2 Å². The van der Waals surface area contributed by atoms with Gasteiger partial charge in [-0.1, -0.05) is 139 Å². The van der Waals surface area contributed by atoms with Crippen LogP contribution in [-0.2, 0) is 5.41 Å². The van der Waals surface area contributed by atoms with Crippen molar-refractivity contribution < 1.29 is 9.47 Å². The number of fused-ring (bicyclic) bond motifs is 13. The molecule has 0 unspecified atom stereocenters. The highest BCUT2D eigenvalue weighted by Gasteiger charge is 2.52. The number of anilines is 3. The van der Waals surface area contributed by atoms with Crippen LogP contribution >= 0.6 is 11.6 Å². The zero-order valence-corrected chi connectivity index (χ0v) is 28.1. The van der Waals surface area contributed by atoms with Crippen LogP contribution in [0.25, 0.3) is 33.0 Å². The Bertz CT molecular complexity index is 2690. The molecule has 51 heavy (non-hydrogen) atoms. The normalized spacial score (nSPS) is 13.7. The molecule has 0 N–H and O–H groups in total. The van der Waals surface area contributed by atoms with Crippen LogP contribution < -0.4 is 14.4 Å². The molecule has 8 aromatic carbocycles. The van der Waals surface area contributed by atoms with Gasteiger partial charge in [-0.15, -0.1) is 0 Å². The largest absolute Gasteiger partial charge is 0.448 e. The third-order valence-electron chi connectivity index (χ3n) is 10.8. The quantitative estimate of drug-likeness (QED) is 0.186. The van der Waals surface area contributed by atoms with Gasteiger partial charge in [0, 0.05) is 11.3 Å². The fourth-order valence-electron chi connectivity index (χ4n) is 8.77. The van der Waals surface area contributed by atoms with Gasteiger partial charge in [-0.3, -0.25) is 0 Å². The molecule has 0 amide bonds. The molecule has 1 aliphatic heterocycles. The van der Waals surface area contributed by atoms with Crippen LogP contribution in [0.15, 0.2) is 170 Å². The summed E-state index contributed by atoms with van der Waals surface area (Å²) in [6, 6.07) is 60.2. The number of hydrogen-bond donors (Lipinski definition) is 0. The third kappa shape index (κ3) is 3.84. The summed E-state index contributed by atoms with van der Waals surface area (Å²) in [7, 11) is 0. The monoisotopic (exact) mass is 673 g/mol. The average Bonchev–Trinajstić information content (AvgIpc) is 3.66. The topological polar surface area (TPSA) is 21.7 Å². The van der Waals surface area contributed by atoms with E-state index in [1.54, 1.807) is 0 Å². The van der Waals surface area contributed by atoms with Gasteiger partial charge in [0.2, 0.25) is 0 Å². The van der Waals surface area contributed by atoms with Crippen molar-refractivity contribution >= 4 is 39.4 Å². The second kappa shape index (κ2) is 10.6. The smallest absolute Gasteiger partial charge is 0.195 e. The van der Waals surface area contributed by atoms with Crippen LogP contribution in [0.1, 0.15) is 22.3 Å². The van der Waals surface area contributed by atoms with Crippen molar-refractivity contribution in [3.05, 3.63) is 197 Å². The van der Waals surface area contributed by atoms with Crippen molar-refractivity contribution in [2.75, 3.05) is 4.90 Å². The van der Waals surface area contributed by atoms with Gasteiger partial charge in [0.1, 0.15) is 0 Å². The van der Waals surface area contributed by atoms with Crippen molar-refractivity contribution in [1.29, 1.82) is 0 Å². The van der Waals surface area contributed by atoms with E-state index in [1.807, 2.05) is 42.5 Å². The number of halogens is 1. The summed E-state index contributed by atoms with van der Waals surface area (Å²) in [6.07, 6.45) is 0. The molecule has 240 valence electrons. The molecule has 3 aliphatic rings. The summed E-state index contributed by atoms with van der Waals surface area (Å²) >= 11 is 6.91. The SMILES string of the molecule is Clc1ccc(N(c2ccccc2)c2cccc3c2-c2ccccc2C32c3ccccc3-c3ccccc32)c2c1Oc1cc3ccccc3cc1O2. The summed E-state index contributed by atoms with van der Waals surface area (Å²) in [4.78, 5) is 2.30. The van der Waals surface area contributed by atoms with Crippen LogP contribution in [0.2, 0.25) is 5.02 Å². The lowest BCUT2D eigenvalue weighted by molar-refractivity contribution is 0.361. The van der Waals surface area contributed by atoms with E-state index >= 15 is 0 Å². The standard InChI is InChI=1S/C47H28ClNO2/c48-39-25-26-41(46-45(39)50-42-27-29-13-4-5-14-30(29)28-43(42)51-46)49(31-15-2-1-3-16-31)40-24-12-23-38-44(40)34-19-8-11-22-37(34)47(38)35-20-9-6-17-32(35)33-18-7-10-21-36(33)47/h1-28H. The Kier molecular flexibility index (Phi) is 5.93. The van der Waals surface area contributed by atoms with E-state index in [-0.39, 0.29) is 0 Å². The van der Waals surface area contributed by atoms with Gasteiger partial charge in [-0.25, -0.2) is 0 Å². The lowest BCUT2D eigenvalue weighted by Crippen LogP contribution is -2.26. The highest BCUT2D eigenvalue weighted by molar-refractivity contribution is 6.32. The minimum atomic E-state index is -0.462. The predicted octanol–water partition coefficient (Wildman–Crippen LogP) is 13.2. The highest BCUT2D eigenvalue weighted by Crippen LogP contribution is 2.65. The Morgan fingerprint density at radius 1 is 0.431 bits per heavy atom. The lowest BCUT2D eigenvalue weighted by Gasteiger charge is -2.33. The van der Waals surface area contributed by atoms with Crippen molar-refractivity contribution in [3.8, 4) is 45.3 Å². The summed E-state index contributed by atoms with van der Waals surface area (Å²) in [5, 5.41) is 2.64. The molecular formula is C47H28ClNO2. The molecule has 1 spiro atoms. The lowest BCUT2D eigenvalue weighted by atomic mass is 9.70. The third-order valence-corrected chi connectivity index (χ3v) is 11.1. The Hall–Kier alpha value is -6.29. The highest BCUT2D eigenvalue weighted by atomic mass is 35.5. The summed E-state index contributed by atoms with van der Waals surface area (Å²) in [5.74, 6) is 2.37. The molecule has 4 heteroatoms. The first-order valence-corrected chi connectivity index (χ1v) is 17.6. The molecule has 11 rings (SSSR count). The molecule has 0 saturated carbocycles. The summed E-state index contributed by atoms with van der Waals surface area (Å²) in [6.45, 7) is 0. The minimum Gasteiger partial charge on any atom is -0.448 e. The first kappa shape index (κ1) is 28.5.